The van der Waals surface area contributed by atoms with Gasteiger partial charge >= 0.3 is 0 Å². The number of carbonyl (C=O) groups is 1. The molecule has 1 aromatic heterocycles. The normalized spacial score (nSPS) is 26.8. The Kier molecular flexibility index (Phi) is 5.18. The van der Waals surface area contributed by atoms with Crippen LogP contribution in [0.4, 0.5) is 0 Å². The van der Waals surface area contributed by atoms with E-state index in [-0.39, 0.29) is 29.6 Å². The zero-order chi connectivity index (χ0) is 16.3. The minimum atomic E-state index is -3.02. The Morgan fingerprint density at radius 2 is 2.30 bits per heavy atom. The molecule has 2 unspecified atom stereocenters. The van der Waals surface area contributed by atoms with Crippen LogP contribution >= 0.6 is 11.3 Å². The molecule has 1 aromatic rings. The van der Waals surface area contributed by atoms with Crippen molar-refractivity contribution in [2.24, 2.45) is 0 Å². The van der Waals surface area contributed by atoms with Crippen LogP contribution in [0.2, 0.25) is 0 Å². The Morgan fingerprint density at radius 3 is 2.91 bits per heavy atom. The first-order valence-electron chi connectivity index (χ1n) is 7.88. The maximum atomic E-state index is 12.6. The summed E-state index contributed by atoms with van der Waals surface area (Å²) in [7, 11) is -3.02. The zero-order valence-corrected chi connectivity index (χ0v) is 14.5. The highest BCUT2D eigenvalue weighted by Crippen LogP contribution is 2.22. The second-order valence-electron chi connectivity index (χ2n) is 6.03. The Bertz CT molecular complexity index is 660. The van der Waals surface area contributed by atoms with E-state index in [4.69, 9.17) is 4.74 Å². The van der Waals surface area contributed by atoms with Crippen LogP contribution in [-0.2, 0) is 19.4 Å². The summed E-state index contributed by atoms with van der Waals surface area (Å²) in [6.07, 6.45) is 5.81. The van der Waals surface area contributed by atoms with Crippen molar-refractivity contribution in [2.45, 2.75) is 31.4 Å². The second kappa shape index (κ2) is 7.15. The number of amides is 1. The summed E-state index contributed by atoms with van der Waals surface area (Å²) < 4.78 is 29.2. The molecule has 0 N–H and O–H groups in total. The van der Waals surface area contributed by atoms with Crippen LogP contribution in [0.5, 0.6) is 0 Å². The van der Waals surface area contributed by atoms with Gasteiger partial charge in [0.25, 0.3) is 0 Å². The molecule has 2 aliphatic heterocycles. The van der Waals surface area contributed by atoms with E-state index in [2.05, 4.69) is 0 Å². The van der Waals surface area contributed by atoms with Gasteiger partial charge in [0.15, 0.2) is 9.84 Å². The average Bonchev–Trinajstić information content (AvgIpc) is 3.24. The maximum Gasteiger partial charge on any atom is 0.246 e. The van der Waals surface area contributed by atoms with Crippen LogP contribution < -0.4 is 0 Å². The fourth-order valence-corrected chi connectivity index (χ4v) is 5.43. The molecule has 2 fully saturated rings. The van der Waals surface area contributed by atoms with E-state index in [1.807, 2.05) is 17.5 Å². The summed E-state index contributed by atoms with van der Waals surface area (Å²) in [5.74, 6) is 0.107. The topological polar surface area (TPSA) is 63.7 Å². The largest absolute Gasteiger partial charge is 0.376 e. The molecule has 7 heteroatoms. The molecule has 0 radical (unpaired) electrons. The van der Waals surface area contributed by atoms with Crippen LogP contribution in [0.15, 0.2) is 23.6 Å². The quantitative estimate of drug-likeness (QED) is 0.758. The molecule has 3 rings (SSSR count). The van der Waals surface area contributed by atoms with E-state index in [0.29, 0.717) is 13.0 Å². The summed E-state index contributed by atoms with van der Waals surface area (Å²) in [5, 5.41) is 1.96. The first-order valence-corrected chi connectivity index (χ1v) is 10.6. The van der Waals surface area contributed by atoms with Gasteiger partial charge in [-0.2, -0.15) is 0 Å². The summed E-state index contributed by atoms with van der Waals surface area (Å²) in [5.41, 5.74) is 0. The zero-order valence-electron chi connectivity index (χ0n) is 12.9. The number of nitrogens with zero attached hydrogens (tertiary/aromatic N) is 1. The maximum absolute atomic E-state index is 12.6. The van der Waals surface area contributed by atoms with Crippen LogP contribution in [-0.4, -0.2) is 56.0 Å². The number of ether oxygens (including phenoxy) is 1. The highest BCUT2D eigenvalue weighted by Gasteiger charge is 2.35. The Hall–Kier alpha value is -1.18. The van der Waals surface area contributed by atoms with Crippen molar-refractivity contribution >= 4 is 33.2 Å². The third-order valence-corrected chi connectivity index (χ3v) is 6.88. The molecular weight excluding hydrogens is 334 g/mol. The van der Waals surface area contributed by atoms with E-state index in [1.165, 1.54) is 0 Å². The molecule has 2 atom stereocenters. The molecule has 126 valence electrons. The first-order chi connectivity index (χ1) is 11.0. The molecule has 0 saturated carbocycles. The monoisotopic (exact) mass is 355 g/mol. The molecule has 0 bridgehead atoms. The third kappa shape index (κ3) is 4.43. The lowest BCUT2D eigenvalue weighted by Crippen LogP contribution is -2.44. The predicted molar refractivity (Wildman–Crippen MR) is 91.1 cm³/mol. The van der Waals surface area contributed by atoms with Crippen LogP contribution in [0.1, 0.15) is 24.1 Å². The minimum Gasteiger partial charge on any atom is -0.376 e. The van der Waals surface area contributed by atoms with E-state index in [9.17, 15) is 13.2 Å². The van der Waals surface area contributed by atoms with Gasteiger partial charge in [0.2, 0.25) is 5.91 Å². The molecule has 0 aromatic carbocycles. The smallest absolute Gasteiger partial charge is 0.246 e. The molecule has 3 heterocycles. The predicted octanol–water partition coefficient (Wildman–Crippen LogP) is 1.96. The van der Waals surface area contributed by atoms with Crippen LogP contribution in [0.25, 0.3) is 6.08 Å². The van der Waals surface area contributed by atoms with Gasteiger partial charge in [-0.15, -0.1) is 11.3 Å². The van der Waals surface area contributed by atoms with Crippen molar-refractivity contribution in [3.63, 3.8) is 0 Å². The van der Waals surface area contributed by atoms with Gasteiger partial charge in [0.1, 0.15) is 0 Å². The third-order valence-electron chi connectivity index (χ3n) is 4.29. The molecule has 5 nitrogen and oxygen atoms in total. The van der Waals surface area contributed by atoms with Gasteiger partial charge in [-0.3, -0.25) is 4.79 Å². The van der Waals surface area contributed by atoms with Crippen LogP contribution in [0.3, 0.4) is 0 Å². The lowest BCUT2D eigenvalue weighted by atomic mass is 10.1. The number of carbonyl (C=O) groups excluding carboxylic acids is 1. The number of sulfone groups is 1. The summed E-state index contributed by atoms with van der Waals surface area (Å²) in [4.78, 5) is 15.3. The fourth-order valence-electron chi connectivity index (χ4n) is 3.08. The molecule has 1 amide bonds. The van der Waals surface area contributed by atoms with Crippen molar-refractivity contribution in [1.82, 2.24) is 4.90 Å². The number of hydrogen-bond donors (Lipinski definition) is 0. The van der Waals surface area contributed by atoms with Crippen molar-refractivity contribution in [1.29, 1.82) is 0 Å². The molecule has 0 spiro atoms. The lowest BCUT2D eigenvalue weighted by Gasteiger charge is -2.29. The van der Waals surface area contributed by atoms with Gasteiger partial charge in [0, 0.05) is 30.1 Å². The van der Waals surface area contributed by atoms with E-state index in [1.54, 1.807) is 28.4 Å². The van der Waals surface area contributed by atoms with Crippen LogP contribution in [0, 0.1) is 0 Å². The second-order valence-corrected chi connectivity index (χ2v) is 9.24. The van der Waals surface area contributed by atoms with Gasteiger partial charge in [-0.25, -0.2) is 8.42 Å². The fraction of sp³-hybridized carbons (Fsp3) is 0.562. The van der Waals surface area contributed by atoms with Gasteiger partial charge in [-0.1, -0.05) is 6.07 Å². The van der Waals surface area contributed by atoms with E-state index >= 15 is 0 Å². The Morgan fingerprint density at radius 1 is 1.43 bits per heavy atom. The summed E-state index contributed by atoms with van der Waals surface area (Å²) in [6.45, 7) is 1.20. The number of rotatable bonds is 5. The molecular formula is C16H21NO4S2. The Labute approximate surface area is 140 Å². The number of thiophene rings is 1. The molecule has 2 saturated heterocycles. The highest BCUT2D eigenvalue weighted by atomic mass is 32.2. The lowest BCUT2D eigenvalue weighted by molar-refractivity contribution is -0.129. The molecule has 2 aliphatic rings. The SMILES string of the molecule is O=C(C=Cc1cccs1)N(CC1CCCO1)C1CCS(=O)(=O)C1. The standard InChI is InChI=1S/C16H21NO4S2/c18-16(6-5-15-4-2-9-22-15)17(11-14-3-1-8-21-14)13-7-10-23(19,20)12-13/h2,4-6,9,13-14H,1,3,7-8,10-12H2. The molecule has 0 aliphatic carbocycles. The summed E-state index contributed by atoms with van der Waals surface area (Å²) >= 11 is 1.56. The number of hydrogen-bond acceptors (Lipinski definition) is 5. The van der Waals surface area contributed by atoms with Crippen molar-refractivity contribution < 1.29 is 17.9 Å². The average molecular weight is 355 g/mol. The molecule has 23 heavy (non-hydrogen) atoms. The van der Waals surface area contributed by atoms with Gasteiger partial charge < -0.3 is 9.64 Å². The van der Waals surface area contributed by atoms with E-state index in [0.717, 1.165) is 24.3 Å². The van der Waals surface area contributed by atoms with Gasteiger partial charge in [0.05, 0.1) is 17.6 Å². The van der Waals surface area contributed by atoms with Gasteiger partial charge in [-0.05, 0) is 36.8 Å². The Balaban J connectivity index is 1.72. The first kappa shape index (κ1) is 16.7. The summed E-state index contributed by atoms with van der Waals surface area (Å²) in [6, 6.07) is 3.64. The van der Waals surface area contributed by atoms with E-state index < -0.39 is 9.84 Å². The highest BCUT2D eigenvalue weighted by molar-refractivity contribution is 7.91. The van der Waals surface area contributed by atoms with Crippen molar-refractivity contribution in [3.05, 3.63) is 28.5 Å². The van der Waals surface area contributed by atoms with Crippen molar-refractivity contribution in [3.8, 4) is 0 Å². The minimum absolute atomic E-state index is 0.0254. The van der Waals surface area contributed by atoms with Crippen molar-refractivity contribution in [2.75, 3.05) is 24.7 Å².